The molecular formula is C29H23F3N4O3. The number of amides is 1. The van der Waals surface area contributed by atoms with Crippen LogP contribution in [0.25, 0.3) is 16.6 Å². The zero-order valence-electron chi connectivity index (χ0n) is 20.7. The van der Waals surface area contributed by atoms with Crippen molar-refractivity contribution in [3.8, 4) is 5.69 Å². The van der Waals surface area contributed by atoms with Gasteiger partial charge in [0.25, 0.3) is 5.91 Å². The molecule has 3 aromatic carbocycles. The fourth-order valence-electron chi connectivity index (χ4n) is 4.46. The van der Waals surface area contributed by atoms with E-state index >= 15 is 0 Å². The van der Waals surface area contributed by atoms with Crippen molar-refractivity contribution in [3.63, 3.8) is 0 Å². The third-order valence-corrected chi connectivity index (χ3v) is 6.50. The second-order valence-electron chi connectivity index (χ2n) is 9.14. The summed E-state index contributed by atoms with van der Waals surface area (Å²) in [6, 6.07) is 18.0. The molecule has 198 valence electrons. The molecule has 5 rings (SSSR count). The van der Waals surface area contributed by atoms with E-state index in [1.807, 2.05) is 16.7 Å². The Kier molecular flexibility index (Phi) is 6.69. The Morgan fingerprint density at radius 2 is 1.72 bits per heavy atom. The Hall–Kier alpha value is -4.86. The number of alkyl halides is 3. The van der Waals surface area contributed by atoms with Gasteiger partial charge in [0, 0.05) is 30.5 Å². The topological polar surface area (TPSA) is 89.2 Å². The molecule has 0 unspecified atom stereocenters. The van der Waals surface area contributed by atoms with Crippen molar-refractivity contribution in [3.05, 3.63) is 119 Å². The van der Waals surface area contributed by atoms with Crippen molar-refractivity contribution in [1.29, 1.82) is 0 Å². The van der Waals surface area contributed by atoms with Gasteiger partial charge in [-0.25, -0.2) is 9.48 Å². The lowest BCUT2D eigenvalue weighted by Crippen LogP contribution is -2.27. The molecule has 2 aromatic heterocycles. The van der Waals surface area contributed by atoms with Gasteiger partial charge in [-0.05, 0) is 66.6 Å². The Morgan fingerprint density at radius 1 is 1.00 bits per heavy atom. The van der Waals surface area contributed by atoms with Crippen LogP contribution in [0.1, 0.15) is 50.4 Å². The Labute approximate surface area is 221 Å². The molecule has 0 saturated carbocycles. The largest absolute Gasteiger partial charge is 0.478 e. The number of aromatic nitrogens is 3. The smallest absolute Gasteiger partial charge is 0.416 e. The van der Waals surface area contributed by atoms with Gasteiger partial charge in [-0.15, -0.1) is 0 Å². The summed E-state index contributed by atoms with van der Waals surface area (Å²) in [5, 5.41) is 17.1. The summed E-state index contributed by atoms with van der Waals surface area (Å²) in [5.41, 5.74) is 2.46. The number of halogens is 3. The van der Waals surface area contributed by atoms with Crippen LogP contribution in [0, 0.1) is 0 Å². The molecule has 0 fully saturated rings. The Bertz CT molecular complexity index is 1640. The van der Waals surface area contributed by atoms with Gasteiger partial charge in [0.05, 0.1) is 33.9 Å². The standard InChI is InChI=1S/C29H23F3N4O3/c1-18(20-5-7-21(8-6-20)28(38)39)34-27(37)25-16-24(36-13-2-12-33-36)15-22-11-14-35(26(22)25)17-19-3-9-23(10-4-19)29(30,31)32/h2-16,18H,17H2,1H3,(H,34,37)(H,38,39)/t18-/m0/s1. The molecule has 0 spiro atoms. The van der Waals surface area contributed by atoms with Crippen LogP contribution in [-0.4, -0.2) is 31.3 Å². The maximum Gasteiger partial charge on any atom is 0.416 e. The molecule has 5 aromatic rings. The van der Waals surface area contributed by atoms with Crippen molar-refractivity contribution in [2.24, 2.45) is 0 Å². The fourth-order valence-corrected chi connectivity index (χ4v) is 4.46. The van der Waals surface area contributed by atoms with E-state index < -0.39 is 23.8 Å². The van der Waals surface area contributed by atoms with Crippen molar-refractivity contribution in [2.75, 3.05) is 0 Å². The number of carboxylic acids is 1. The molecule has 2 heterocycles. The first-order valence-electron chi connectivity index (χ1n) is 12.0. The molecule has 2 N–H and O–H groups in total. The first kappa shape index (κ1) is 25.8. The van der Waals surface area contributed by atoms with E-state index in [4.69, 9.17) is 5.11 Å². The van der Waals surface area contributed by atoms with Crippen LogP contribution in [0.2, 0.25) is 0 Å². The van der Waals surface area contributed by atoms with Gasteiger partial charge in [0.15, 0.2) is 0 Å². The first-order valence-corrected chi connectivity index (χ1v) is 12.0. The second-order valence-corrected chi connectivity index (χ2v) is 9.14. The normalized spacial score (nSPS) is 12.4. The van der Waals surface area contributed by atoms with Crippen molar-refractivity contribution in [1.82, 2.24) is 19.7 Å². The molecule has 1 atom stereocenters. The highest BCUT2D eigenvalue weighted by Gasteiger charge is 2.30. The molecule has 0 saturated heterocycles. The number of benzene rings is 3. The lowest BCUT2D eigenvalue weighted by Gasteiger charge is -2.17. The molecule has 1 amide bonds. The van der Waals surface area contributed by atoms with Crippen LogP contribution in [0.3, 0.4) is 0 Å². The number of fused-ring (bicyclic) bond motifs is 1. The number of hydrogen-bond donors (Lipinski definition) is 2. The third-order valence-electron chi connectivity index (χ3n) is 6.50. The van der Waals surface area contributed by atoms with E-state index in [0.717, 1.165) is 23.1 Å². The Balaban J connectivity index is 1.50. The van der Waals surface area contributed by atoms with E-state index in [-0.39, 0.29) is 18.0 Å². The van der Waals surface area contributed by atoms with Crippen molar-refractivity contribution >= 4 is 22.8 Å². The average Bonchev–Trinajstić information content (AvgIpc) is 3.59. The highest BCUT2D eigenvalue weighted by atomic mass is 19.4. The minimum atomic E-state index is -4.42. The number of carbonyl (C=O) groups is 2. The van der Waals surface area contributed by atoms with Crippen molar-refractivity contribution < 1.29 is 27.9 Å². The number of rotatable bonds is 7. The molecule has 0 aliphatic rings. The van der Waals surface area contributed by atoms with Crippen LogP contribution in [0.5, 0.6) is 0 Å². The van der Waals surface area contributed by atoms with Gasteiger partial charge in [0.2, 0.25) is 0 Å². The fraction of sp³-hybridized carbons (Fsp3) is 0.138. The number of hydrogen-bond acceptors (Lipinski definition) is 3. The zero-order valence-corrected chi connectivity index (χ0v) is 20.7. The van der Waals surface area contributed by atoms with E-state index in [9.17, 15) is 22.8 Å². The minimum absolute atomic E-state index is 0.145. The van der Waals surface area contributed by atoms with Crippen LogP contribution in [-0.2, 0) is 12.7 Å². The SMILES string of the molecule is C[C@H](NC(=O)c1cc(-n2cccn2)cc2ccn(Cc3ccc(C(F)(F)F)cc3)c12)c1ccc(C(=O)O)cc1. The quantitative estimate of drug-likeness (QED) is 0.266. The molecule has 0 aliphatic heterocycles. The molecule has 0 aliphatic carbocycles. The number of nitrogens with one attached hydrogen (secondary N) is 1. The maximum absolute atomic E-state index is 13.6. The van der Waals surface area contributed by atoms with Crippen LogP contribution in [0.15, 0.2) is 91.4 Å². The average molecular weight is 533 g/mol. The number of carboxylic acid groups (broad SMARTS) is 1. The predicted molar refractivity (Wildman–Crippen MR) is 139 cm³/mol. The van der Waals surface area contributed by atoms with Gasteiger partial charge in [-0.3, -0.25) is 4.79 Å². The lowest BCUT2D eigenvalue weighted by molar-refractivity contribution is -0.137. The van der Waals surface area contributed by atoms with Crippen LogP contribution < -0.4 is 5.32 Å². The lowest BCUT2D eigenvalue weighted by atomic mass is 10.0. The highest BCUT2D eigenvalue weighted by molar-refractivity contribution is 6.07. The Morgan fingerprint density at radius 3 is 2.33 bits per heavy atom. The summed E-state index contributed by atoms with van der Waals surface area (Å²) >= 11 is 0. The first-order chi connectivity index (χ1) is 18.6. The van der Waals surface area contributed by atoms with Crippen LogP contribution >= 0.6 is 0 Å². The van der Waals surface area contributed by atoms with E-state index in [0.29, 0.717) is 22.3 Å². The van der Waals surface area contributed by atoms with Gasteiger partial charge in [0.1, 0.15) is 0 Å². The summed E-state index contributed by atoms with van der Waals surface area (Å²) < 4.78 is 42.5. The summed E-state index contributed by atoms with van der Waals surface area (Å²) in [6.07, 6.45) is 0.759. The van der Waals surface area contributed by atoms with Gasteiger partial charge in [-0.2, -0.15) is 18.3 Å². The molecule has 0 radical (unpaired) electrons. The maximum atomic E-state index is 13.6. The molecule has 0 bridgehead atoms. The molecular weight excluding hydrogens is 509 g/mol. The molecule has 10 heteroatoms. The molecule has 39 heavy (non-hydrogen) atoms. The third kappa shape index (κ3) is 5.40. The minimum Gasteiger partial charge on any atom is -0.478 e. The van der Waals surface area contributed by atoms with E-state index in [1.165, 1.54) is 24.3 Å². The number of aromatic carboxylic acids is 1. The van der Waals surface area contributed by atoms with E-state index in [2.05, 4.69) is 10.4 Å². The van der Waals surface area contributed by atoms with Gasteiger partial charge in [-0.1, -0.05) is 24.3 Å². The van der Waals surface area contributed by atoms with Gasteiger partial charge < -0.3 is 15.0 Å². The summed E-state index contributed by atoms with van der Waals surface area (Å²) in [6.45, 7) is 2.05. The monoisotopic (exact) mass is 532 g/mol. The van der Waals surface area contributed by atoms with E-state index in [1.54, 1.807) is 54.5 Å². The van der Waals surface area contributed by atoms with Crippen LogP contribution in [0.4, 0.5) is 13.2 Å². The highest BCUT2D eigenvalue weighted by Crippen LogP contribution is 2.30. The predicted octanol–water partition coefficient (Wildman–Crippen LogP) is 6.08. The molecule has 7 nitrogen and oxygen atoms in total. The zero-order chi connectivity index (χ0) is 27.7. The second kappa shape index (κ2) is 10.1. The summed E-state index contributed by atoms with van der Waals surface area (Å²) in [7, 11) is 0. The van der Waals surface area contributed by atoms with Crippen molar-refractivity contribution in [2.45, 2.75) is 25.7 Å². The van der Waals surface area contributed by atoms with Gasteiger partial charge >= 0.3 is 12.1 Å². The number of nitrogens with zero attached hydrogens (tertiary/aromatic N) is 3. The summed E-state index contributed by atoms with van der Waals surface area (Å²) in [4.78, 5) is 24.8. The number of carbonyl (C=O) groups excluding carboxylic acids is 1. The summed E-state index contributed by atoms with van der Waals surface area (Å²) in [5.74, 6) is -1.40.